The molecule has 0 heterocycles. The Hall–Kier alpha value is -1.92. The van der Waals surface area contributed by atoms with E-state index >= 15 is 0 Å². The second-order valence-corrected chi connectivity index (χ2v) is 7.03. The highest BCUT2D eigenvalue weighted by Gasteiger charge is 2.20. The van der Waals surface area contributed by atoms with Gasteiger partial charge in [-0.1, -0.05) is 30.3 Å². The fourth-order valence-electron chi connectivity index (χ4n) is 2.01. The summed E-state index contributed by atoms with van der Waals surface area (Å²) in [5.74, 6) is -0.156. The Labute approximate surface area is 130 Å². The van der Waals surface area contributed by atoms with Crippen molar-refractivity contribution in [3.63, 3.8) is 0 Å². The first-order chi connectivity index (χ1) is 10.4. The Morgan fingerprint density at radius 1 is 1.09 bits per heavy atom. The average Bonchev–Trinajstić information content (AvgIpc) is 2.50. The molecule has 0 aromatic heterocycles. The summed E-state index contributed by atoms with van der Waals surface area (Å²) in [6.45, 7) is 0.223. The minimum absolute atomic E-state index is 0.170. The quantitative estimate of drug-likeness (QED) is 0.821. The number of benzene rings is 2. The highest BCUT2D eigenvalue weighted by Crippen LogP contribution is 2.17. The second kappa shape index (κ2) is 6.89. The van der Waals surface area contributed by atoms with Crippen molar-refractivity contribution in [2.45, 2.75) is 12.3 Å². The lowest BCUT2D eigenvalue weighted by Gasteiger charge is -2.17. The van der Waals surface area contributed by atoms with Gasteiger partial charge in [0, 0.05) is 19.2 Å². The first-order valence-electron chi connectivity index (χ1n) is 6.73. The number of ether oxygens (including phenoxy) is 1. The van der Waals surface area contributed by atoms with Crippen LogP contribution in [0.25, 0.3) is 0 Å². The Bertz CT molecular complexity index is 729. The van der Waals surface area contributed by atoms with E-state index in [4.69, 9.17) is 4.74 Å². The van der Waals surface area contributed by atoms with Gasteiger partial charge in [0.05, 0.1) is 12.9 Å². The number of methoxy groups -OCH3 is 1. The Morgan fingerprint density at radius 2 is 1.73 bits per heavy atom. The standard InChI is InChI=1S/C16H18FNO3S/c1-18(11-13-7-9-15(21-2)10-8-13)22(19,20)12-14-5-3-4-6-16(14)17/h3-10H,11-12H2,1-2H3. The van der Waals surface area contributed by atoms with Gasteiger partial charge < -0.3 is 4.74 Å². The molecule has 0 aliphatic carbocycles. The molecule has 0 amide bonds. The van der Waals surface area contributed by atoms with Crippen molar-refractivity contribution in [2.75, 3.05) is 14.2 Å². The maximum absolute atomic E-state index is 13.6. The number of rotatable bonds is 6. The van der Waals surface area contributed by atoms with Gasteiger partial charge in [-0.25, -0.2) is 17.1 Å². The van der Waals surface area contributed by atoms with Gasteiger partial charge in [0.1, 0.15) is 11.6 Å². The van der Waals surface area contributed by atoms with Crippen LogP contribution in [0.1, 0.15) is 11.1 Å². The van der Waals surface area contributed by atoms with Crippen molar-refractivity contribution in [2.24, 2.45) is 0 Å². The van der Waals surface area contributed by atoms with E-state index in [1.807, 2.05) is 0 Å². The van der Waals surface area contributed by atoms with Crippen molar-refractivity contribution in [3.05, 3.63) is 65.5 Å². The maximum Gasteiger partial charge on any atom is 0.218 e. The highest BCUT2D eigenvalue weighted by atomic mass is 32.2. The topological polar surface area (TPSA) is 46.6 Å². The van der Waals surface area contributed by atoms with Gasteiger partial charge in [0.15, 0.2) is 0 Å². The lowest BCUT2D eigenvalue weighted by atomic mass is 10.2. The van der Waals surface area contributed by atoms with Crippen LogP contribution < -0.4 is 4.74 Å². The van der Waals surface area contributed by atoms with Crippen molar-refractivity contribution >= 4 is 10.0 Å². The Kier molecular flexibility index (Phi) is 5.15. The van der Waals surface area contributed by atoms with Crippen LogP contribution in [0, 0.1) is 5.82 Å². The summed E-state index contributed by atoms with van der Waals surface area (Å²) in [5.41, 5.74) is 1.00. The molecule has 0 atom stereocenters. The van der Waals surface area contributed by atoms with Crippen LogP contribution >= 0.6 is 0 Å². The van der Waals surface area contributed by atoms with E-state index in [-0.39, 0.29) is 17.9 Å². The van der Waals surface area contributed by atoms with Crippen molar-refractivity contribution in [3.8, 4) is 5.75 Å². The molecule has 0 saturated heterocycles. The van der Waals surface area contributed by atoms with E-state index in [1.54, 1.807) is 37.4 Å². The van der Waals surface area contributed by atoms with Crippen LogP contribution in [0.3, 0.4) is 0 Å². The first kappa shape index (κ1) is 16.5. The summed E-state index contributed by atoms with van der Waals surface area (Å²) in [5, 5.41) is 0. The van der Waals surface area contributed by atoms with Gasteiger partial charge >= 0.3 is 0 Å². The molecular weight excluding hydrogens is 305 g/mol. The number of nitrogens with zero attached hydrogens (tertiary/aromatic N) is 1. The summed E-state index contributed by atoms with van der Waals surface area (Å²) >= 11 is 0. The monoisotopic (exact) mass is 323 g/mol. The van der Waals surface area contributed by atoms with Crippen molar-refractivity contribution in [1.29, 1.82) is 0 Å². The SMILES string of the molecule is COc1ccc(CN(C)S(=O)(=O)Cc2ccccc2F)cc1. The van der Waals surface area contributed by atoms with E-state index in [1.165, 1.54) is 29.6 Å². The maximum atomic E-state index is 13.6. The zero-order valence-electron chi connectivity index (χ0n) is 12.5. The lowest BCUT2D eigenvalue weighted by molar-refractivity contribution is 0.414. The first-order valence-corrected chi connectivity index (χ1v) is 8.33. The minimum Gasteiger partial charge on any atom is -0.497 e. The summed E-state index contributed by atoms with van der Waals surface area (Å²) in [6.07, 6.45) is 0. The Morgan fingerprint density at radius 3 is 2.32 bits per heavy atom. The number of sulfonamides is 1. The van der Waals surface area contributed by atoms with Crippen molar-refractivity contribution in [1.82, 2.24) is 4.31 Å². The van der Waals surface area contributed by atoms with E-state index in [2.05, 4.69) is 0 Å². The molecule has 2 aromatic carbocycles. The van der Waals surface area contributed by atoms with E-state index in [9.17, 15) is 12.8 Å². The summed E-state index contributed by atoms with van der Waals surface area (Å²) in [6, 6.07) is 13.0. The largest absolute Gasteiger partial charge is 0.497 e. The predicted octanol–water partition coefficient (Wildman–Crippen LogP) is 2.80. The minimum atomic E-state index is -3.59. The van der Waals surface area contributed by atoms with Crippen LogP contribution in [-0.4, -0.2) is 26.9 Å². The predicted molar refractivity (Wildman–Crippen MR) is 83.5 cm³/mol. The molecule has 0 fully saturated rings. The van der Waals surface area contributed by atoms with Gasteiger partial charge in [-0.2, -0.15) is 0 Å². The summed E-state index contributed by atoms with van der Waals surface area (Å²) < 4.78 is 44.5. The van der Waals surface area contributed by atoms with Gasteiger partial charge in [0.2, 0.25) is 10.0 Å². The fraction of sp³-hybridized carbons (Fsp3) is 0.250. The third-order valence-electron chi connectivity index (χ3n) is 3.33. The van der Waals surface area contributed by atoms with Gasteiger partial charge in [-0.05, 0) is 23.8 Å². The van der Waals surface area contributed by atoms with Crippen LogP contribution in [0.2, 0.25) is 0 Å². The number of halogens is 1. The van der Waals surface area contributed by atoms with Crippen molar-refractivity contribution < 1.29 is 17.5 Å². The fourth-order valence-corrected chi connectivity index (χ4v) is 3.20. The lowest BCUT2D eigenvalue weighted by Crippen LogP contribution is -2.28. The molecular formula is C16H18FNO3S. The molecule has 0 aliphatic rings. The molecule has 0 spiro atoms. The summed E-state index contributed by atoms with van der Waals surface area (Å²) in [7, 11) is -0.532. The van der Waals surface area contributed by atoms with E-state index in [0.29, 0.717) is 5.75 Å². The second-order valence-electron chi connectivity index (χ2n) is 4.95. The van der Waals surface area contributed by atoms with Crippen LogP contribution in [0.5, 0.6) is 5.75 Å². The molecule has 0 aliphatic heterocycles. The molecule has 4 nitrogen and oxygen atoms in total. The van der Waals surface area contributed by atoms with E-state index < -0.39 is 15.8 Å². The van der Waals surface area contributed by atoms with Crippen LogP contribution in [0.4, 0.5) is 4.39 Å². The van der Waals surface area contributed by atoms with Crippen LogP contribution in [-0.2, 0) is 22.3 Å². The Balaban J connectivity index is 2.09. The third kappa shape index (κ3) is 4.05. The van der Waals surface area contributed by atoms with Gasteiger partial charge in [0.25, 0.3) is 0 Å². The molecule has 0 N–H and O–H groups in total. The number of hydrogen-bond acceptors (Lipinski definition) is 3. The zero-order valence-corrected chi connectivity index (χ0v) is 13.3. The molecule has 118 valence electrons. The van der Waals surface area contributed by atoms with E-state index in [0.717, 1.165) is 5.56 Å². The number of hydrogen-bond donors (Lipinski definition) is 0. The van der Waals surface area contributed by atoms with Crippen LogP contribution in [0.15, 0.2) is 48.5 Å². The third-order valence-corrected chi connectivity index (χ3v) is 5.09. The summed E-state index contributed by atoms with van der Waals surface area (Å²) in [4.78, 5) is 0. The normalized spacial score (nSPS) is 11.6. The highest BCUT2D eigenvalue weighted by molar-refractivity contribution is 7.88. The molecule has 2 aromatic rings. The van der Waals surface area contributed by atoms with Gasteiger partial charge in [-0.15, -0.1) is 0 Å². The molecule has 22 heavy (non-hydrogen) atoms. The average molecular weight is 323 g/mol. The molecule has 0 radical (unpaired) electrons. The smallest absolute Gasteiger partial charge is 0.218 e. The molecule has 6 heteroatoms. The molecule has 0 unspecified atom stereocenters. The van der Waals surface area contributed by atoms with Gasteiger partial charge in [-0.3, -0.25) is 0 Å². The zero-order chi connectivity index (χ0) is 16.2. The molecule has 0 bridgehead atoms. The molecule has 2 rings (SSSR count). The molecule has 0 saturated carbocycles.